The van der Waals surface area contributed by atoms with Crippen molar-refractivity contribution in [2.45, 2.75) is 2.14 Å². The number of alkyl halides is 3. The molecule has 0 rings (SSSR count). The van der Waals surface area contributed by atoms with Gasteiger partial charge in [0.25, 0.3) is 0 Å². The second-order valence-corrected chi connectivity index (χ2v) is 10.7. The second kappa shape index (κ2) is 4.11. The van der Waals surface area contributed by atoms with Crippen molar-refractivity contribution in [1.82, 2.24) is 0 Å². The molecule has 5 heteroatoms. The van der Waals surface area contributed by atoms with Crippen molar-refractivity contribution in [3.8, 4) is 0 Å². The van der Waals surface area contributed by atoms with Gasteiger partial charge in [-0.3, -0.25) is 0 Å². The van der Waals surface area contributed by atoms with E-state index in [1.807, 2.05) is 6.08 Å². The summed E-state index contributed by atoms with van der Waals surface area (Å²) in [6.07, 6.45) is 1.85. The van der Waals surface area contributed by atoms with E-state index in [9.17, 15) is 0 Å². The van der Waals surface area contributed by atoms with Crippen LogP contribution in [0.4, 0.5) is 0 Å². The van der Waals surface area contributed by atoms with Crippen LogP contribution in [0, 0.1) is 0 Å². The van der Waals surface area contributed by atoms with Crippen LogP contribution in [0.5, 0.6) is 0 Å². The summed E-state index contributed by atoms with van der Waals surface area (Å²) in [5.41, 5.74) is 0. The second-order valence-electron chi connectivity index (χ2n) is 0.976. The predicted molar refractivity (Wildman–Crippen MR) is 55.4 cm³/mol. The smallest absolute Gasteiger partial charge is 0.0552 e. The zero-order chi connectivity index (χ0) is 6.78. The highest BCUT2D eigenvalue weighted by molar-refractivity contribution is 9.39. The number of halogens is 5. The average Bonchev–Trinajstić information content (AvgIpc) is 1.21. The van der Waals surface area contributed by atoms with Crippen molar-refractivity contribution in [3.05, 3.63) is 9.47 Å². The van der Waals surface area contributed by atoms with Gasteiger partial charge in [0.05, 0.1) is 3.39 Å². The molecule has 0 bridgehead atoms. The van der Waals surface area contributed by atoms with Gasteiger partial charge in [-0.1, -0.05) is 47.8 Å². The standard InChI is InChI=1S/C3HBr5/c4-2(5)1-3(6,7)8/h1H. The highest BCUT2D eigenvalue weighted by Gasteiger charge is 2.12. The van der Waals surface area contributed by atoms with Crippen molar-refractivity contribution in [2.75, 3.05) is 0 Å². The van der Waals surface area contributed by atoms with Crippen LogP contribution in [0.2, 0.25) is 0 Å². The number of rotatable bonds is 0. The summed E-state index contributed by atoms with van der Waals surface area (Å²) < 4.78 is 0.589. The van der Waals surface area contributed by atoms with Crippen LogP contribution in [0.3, 0.4) is 0 Å². The first-order chi connectivity index (χ1) is 3.42. The van der Waals surface area contributed by atoms with Crippen LogP contribution in [0.25, 0.3) is 0 Å². The monoisotopic (exact) mass is 432 g/mol. The van der Waals surface area contributed by atoms with E-state index in [4.69, 9.17) is 0 Å². The first kappa shape index (κ1) is 10.1. The molecule has 0 saturated heterocycles. The molecule has 0 spiro atoms. The molecule has 0 aromatic rings. The van der Waals surface area contributed by atoms with Crippen molar-refractivity contribution in [3.63, 3.8) is 0 Å². The molecule has 0 atom stereocenters. The first-order valence-corrected chi connectivity index (χ1v) is 5.49. The van der Waals surface area contributed by atoms with Gasteiger partial charge in [0.1, 0.15) is 0 Å². The minimum Gasteiger partial charge on any atom is -0.0552 e. The van der Waals surface area contributed by atoms with E-state index in [2.05, 4.69) is 79.6 Å². The molecule has 0 heterocycles. The van der Waals surface area contributed by atoms with Crippen molar-refractivity contribution >= 4 is 79.6 Å². The summed E-state index contributed by atoms with van der Waals surface area (Å²) >= 11 is 16.2. The summed E-state index contributed by atoms with van der Waals surface area (Å²) in [6.45, 7) is 0. The quantitative estimate of drug-likeness (QED) is 0.492. The molecule has 0 aliphatic carbocycles. The molecule has 0 N–H and O–H groups in total. The predicted octanol–water partition coefficient (Wildman–Crippen LogP) is 4.46. The summed E-state index contributed by atoms with van der Waals surface area (Å²) in [7, 11) is 0. The number of hydrogen-bond donors (Lipinski definition) is 0. The highest BCUT2D eigenvalue weighted by atomic mass is 80.0. The molecule has 0 aromatic carbocycles. The van der Waals surface area contributed by atoms with Crippen molar-refractivity contribution in [2.24, 2.45) is 0 Å². The molecule has 8 heavy (non-hydrogen) atoms. The molecule has 0 saturated carbocycles. The van der Waals surface area contributed by atoms with Gasteiger partial charge in [-0.2, -0.15) is 0 Å². The van der Waals surface area contributed by atoms with Crippen LogP contribution in [0.1, 0.15) is 0 Å². The van der Waals surface area contributed by atoms with Gasteiger partial charge in [-0.15, -0.1) is 0 Å². The molecule has 0 aliphatic heterocycles. The lowest BCUT2D eigenvalue weighted by Gasteiger charge is -2.02. The first-order valence-electron chi connectivity index (χ1n) is 1.52. The van der Waals surface area contributed by atoms with Crippen molar-refractivity contribution in [1.29, 1.82) is 0 Å². The maximum atomic E-state index is 3.28. The maximum absolute atomic E-state index is 3.28. The minimum absolute atomic E-state index is 0.296. The van der Waals surface area contributed by atoms with Gasteiger partial charge in [-0.05, 0) is 37.9 Å². The van der Waals surface area contributed by atoms with Gasteiger partial charge in [-0.25, -0.2) is 0 Å². The van der Waals surface area contributed by atoms with E-state index in [-0.39, 0.29) is 2.14 Å². The van der Waals surface area contributed by atoms with Gasteiger partial charge in [0.15, 0.2) is 2.14 Å². The molecule has 0 aliphatic rings. The normalized spacial score (nSPS) is 11.1. The largest absolute Gasteiger partial charge is 0.154 e. The maximum Gasteiger partial charge on any atom is 0.154 e. The summed E-state index contributed by atoms with van der Waals surface area (Å²) in [6, 6.07) is 0. The Bertz CT molecular complexity index is 94.7. The van der Waals surface area contributed by atoms with E-state index in [0.29, 0.717) is 0 Å². The minimum atomic E-state index is -0.296. The highest BCUT2D eigenvalue weighted by Crippen LogP contribution is 2.37. The fraction of sp³-hybridized carbons (Fsp3) is 0.333. The molecule has 0 unspecified atom stereocenters. The molecule has 0 nitrogen and oxygen atoms in total. The zero-order valence-corrected chi connectivity index (χ0v) is 11.4. The van der Waals surface area contributed by atoms with E-state index >= 15 is 0 Å². The Kier molecular flexibility index (Phi) is 5.21. The van der Waals surface area contributed by atoms with Gasteiger partial charge < -0.3 is 0 Å². The molecular formula is C3HBr5. The summed E-state index contributed by atoms with van der Waals surface area (Å²) in [5, 5.41) is 0. The van der Waals surface area contributed by atoms with Crippen LogP contribution in [0.15, 0.2) is 9.47 Å². The van der Waals surface area contributed by atoms with Gasteiger partial charge >= 0.3 is 0 Å². The lowest BCUT2D eigenvalue weighted by Crippen LogP contribution is -1.90. The summed E-state index contributed by atoms with van der Waals surface area (Å²) in [4.78, 5) is 0. The van der Waals surface area contributed by atoms with E-state index in [0.717, 1.165) is 3.39 Å². The lowest BCUT2D eigenvalue weighted by molar-refractivity contribution is 1.67. The van der Waals surface area contributed by atoms with Gasteiger partial charge in [0, 0.05) is 0 Å². The molecule has 48 valence electrons. The molecule has 0 radical (unpaired) electrons. The number of hydrogen-bond acceptors (Lipinski definition) is 0. The van der Waals surface area contributed by atoms with E-state index in [1.165, 1.54) is 0 Å². The SMILES string of the molecule is BrC(Br)=CC(Br)(Br)Br. The third kappa shape index (κ3) is 8.14. The van der Waals surface area contributed by atoms with Crippen LogP contribution < -0.4 is 0 Å². The Morgan fingerprint density at radius 2 is 1.50 bits per heavy atom. The molecule has 0 fully saturated rings. The third-order valence-electron chi connectivity index (χ3n) is 0.273. The summed E-state index contributed by atoms with van der Waals surface area (Å²) in [5.74, 6) is 0. The lowest BCUT2D eigenvalue weighted by atomic mass is 10.8. The zero-order valence-electron chi connectivity index (χ0n) is 3.47. The Hall–Kier alpha value is 2.14. The Balaban J connectivity index is 3.89. The topological polar surface area (TPSA) is 0 Å². The molecular weight excluding hydrogens is 436 g/mol. The average molecular weight is 437 g/mol. The Labute approximate surface area is 90.1 Å². The fourth-order valence-electron chi connectivity index (χ4n) is 0.124. The fourth-order valence-corrected chi connectivity index (χ4v) is 3.34. The molecule has 0 amide bonds. The Morgan fingerprint density at radius 1 is 1.12 bits per heavy atom. The molecule has 0 aromatic heterocycles. The third-order valence-corrected chi connectivity index (χ3v) is 1.42. The van der Waals surface area contributed by atoms with Crippen LogP contribution in [-0.2, 0) is 0 Å². The van der Waals surface area contributed by atoms with Crippen molar-refractivity contribution < 1.29 is 0 Å². The van der Waals surface area contributed by atoms with Gasteiger partial charge in [0.2, 0.25) is 0 Å². The number of allylic oxidation sites excluding steroid dienone is 1. The van der Waals surface area contributed by atoms with E-state index in [1.54, 1.807) is 0 Å². The van der Waals surface area contributed by atoms with Crippen LogP contribution in [-0.4, -0.2) is 2.14 Å². The Morgan fingerprint density at radius 3 is 1.50 bits per heavy atom. The van der Waals surface area contributed by atoms with E-state index < -0.39 is 0 Å². The van der Waals surface area contributed by atoms with Crippen LogP contribution >= 0.6 is 79.6 Å².